The number of carbonyl (C=O) groups is 2. The van der Waals surface area contributed by atoms with Gasteiger partial charge in [-0.15, -0.1) is 0 Å². The number of piperidine rings is 1. The standard InChI is InChI=1S/C20H26N2O4/c1-14-7-4-5-9-21(14)19(23)13-26-20(24)18-11-15(2)22(16(18)3)12-17-8-6-10-25-17/h6,8,10-11,14H,4-5,7,9,12-13H2,1-3H3/t14-/m1/s1. The van der Waals surface area contributed by atoms with Crippen molar-refractivity contribution in [2.75, 3.05) is 13.2 Å². The number of hydrogen-bond acceptors (Lipinski definition) is 4. The van der Waals surface area contributed by atoms with Gasteiger partial charge < -0.3 is 18.6 Å². The number of nitrogens with zero attached hydrogens (tertiary/aromatic N) is 2. The van der Waals surface area contributed by atoms with Crippen LogP contribution in [0.4, 0.5) is 0 Å². The van der Waals surface area contributed by atoms with Gasteiger partial charge in [0, 0.05) is 24.0 Å². The van der Waals surface area contributed by atoms with E-state index >= 15 is 0 Å². The third-order valence-corrected chi connectivity index (χ3v) is 5.14. The summed E-state index contributed by atoms with van der Waals surface area (Å²) in [5.74, 6) is 0.248. The molecule has 6 nitrogen and oxygen atoms in total. The maximum absolute atomic E-state index is 12.5. The second-order valence-electron chi connectivity index (χ2n) is 6.96. The Kier molecular flexibility index (Phi) is 5.49. The van der Waals surface area contributed by atoms with E-state index in [9.17, 15) is 9.59 Å². The Balaban J connectivity index is 1.63. The fourth-order valence-corrected chi connectivity index (χ4v) is 3.57. The molecule has 0 aliphatic carbocycles. The van der Waals surface area contributed by atoms with E-state index in [0.29, 0.717) is 12.1 Å². The van der Waals surface area contributed by atoms with E-state index in [4.69, 9.17) is 9.15 Å². The molecule has 140 valence electrons. The average Bonchev–Trinajstić information content (AvgIpc) is 3.23. The summed E-state index contributed by atoms with van der Waals surface area (Å²) in [5, 5.41) is 0. The predicted molar refractivity (Wildman–Crippen MR) is 97.0 cm³/mol. The molecule has 2 aromatic rings. The lowest BCUT2D eigenvalue weighted by molar-refractivity contribution is -0.137. The fraction of sp³-hybridized carbons (Fsp3) is 0.500. The van der Waals surface area contributed by atoms with Crippen LogP contribution in [0.25, 0.3) is 0 Å². The van der Waals surface area contributed by atoms with Gasteiger partial charge >= 0.3 is 5.97 Å². The van der Waals surface area contributed by atoms with Crippen LogP contribution >= 0.6 is 0 Å². The lowest BCUT2D eigenvalue weighted by Crippen LogP contribution is -2.44. The van der Waals surface area contributed by atoms with E-state index in [1.165, 1.54) is 0 Å². The van der Waals surface area contributed by atoms with Gasteiger partial charge in [-0.05, 0) is 58.2 Å². The van der Waals surface area contributed by atoms with Crippen LogP contribution in [-0.2, 0) is 16.1 Å². The number of hydrogen-bond donors (Lipinski definition) is 0. The average molecular weight is 358 g/mol. The Labute approximate surface area is 153 Å². The van der Waals surface area contributed by atoms with Gasteiger partial charge in [0.2, 0.25) is 0 Å². The smallest absolute Gasteiger partial charge is 0.340 e. The summed E-state index contributed by atoms with van der Waals surface area (Å²) >= 11 is 0. The summed E-state index contributed by atoms with van der Waals surface area (Å²) in [6.07, 6.45) is 4.80. The number of furan rings is 1. The number of aromatic nitrogens is 1. The molecule has 0 aromatic carbocycles. The van der Waals surface area contributed by atoms with Crippen LogP contribution in [0.2, 0.25) is 0 Å². The van der Waals surface area contributed by atoms with Gasteiger partial charge in [-0.3, -0.25) is 4.79 Å². The third-order valence-electron chi connectivity index (χ3n) is 5.14. The molecule has 0 spiro atoms. The van der Waals surface area contributed by atoms with Crippen molar-refractivity contribution in [3.05, 3.63) is 47.2 Å². The fourth-order valence-electron chi connectivity index (χ4n) is 3.57. The van der Waals surface area contributed by atoms with Crippen molar-refractivity contribution in [3.8, 4) is 0 Å². The van der Waals surface area contributed by atoms with Crippen molar-refractivity contribution in [3.63, 3.8) is 0 Å². The van der Waals surface area contributed by atoms with Gasteiger partial charge in [0.1, 0.15) is 5.76 Å². The predicted octanol–water partition coefficient (Wildman–Crippen LogP) is 3.30. The molecule has 1 aliphatic rings. The summed E-state index contributed by atoms with van der Waals surface area (Å²) in [4.78, 5) is 26.6. The highest BCUT2D eigenvalue weighted by Gasteiger charge is 2.25. The van der Waals surface area contributed by atoms with Crippen LogP contribution in [0.15, 0.2) is 28.9 Å². The minimum atomic E-state index is -0.457. The topological polar surface area (TPSA) is 64.7 Å². The van der Waals surface area contributed by atoms with Crippen molar-refractivity contribution in [1.82, 2.24) is 9.47 Å². The monoisotopic (exact) mass is 358 g/mol. The molecule has 26 heavy (non-hydrogen) atoms. The van der Waals surface area contributed by atoms with Crippen LogP contribution in [0.3, 0.4) is 0 Å². The Morgan fingerprint density at radius 2 is 2.12 bits per heavy atom. The van der Waals surface area contributed by atoms with Gasteiger partial charge in [0.05, 0.1) is 18.4 Å². The zero-order valence-corrected chi connectivity index (χ0v) is 15.7. The molecule has 1 atom stereocenters. The Morgan fingerprint density at radius 3 is 2.81 bits per heavy atom. The number of esters is 1. The second kappa shape index (κ2) is 7.81. The molecule has 3 rings (SSSR count). The highest BCUT2D eigenvalue weighted by Crippen LogP contribution is 2.19. The Hall–Kier alpha value is -2.50. The minimum absolute atomic E-state index is 0.116. The highest BCUT2D eigenvalue weighted by molar-refractivity contribution is 5.92. The summed E-state index contributed by atoms with van der Waals surface area (Å²) in [7, 11) is 0. The molecule has 1 amide bonds. The number of carbonyl (C=O) groups excluding carboxylic acids is 2. The van der Waals surface area contributed by atoms with Crippen LogP contribution in [0.5, 0.6) is 0 Å². The molecule has 0 saturated carbocycles. The van der Waals surface area contributed by atoms with E-state index in [0.717, 1.165) is 43.0 Å². The van der Waals surface area contributed by atoms with Crippen molar-refractivity contribution >= 4 is 11.9 Å². The Bertz CT molecular complexity index is 776. The second-order valence-corrected chi connectivity index (χ2v) is 6.96. The minimum Gasteiger partial charge on any atom is -0.467 e. The molecule has 1 aliphatic heterocycles. The Morgan fingerprint density at radius 1 is 1.31 bits per heavy atom. The van der Waals surface area contributed by atoms with Crippen molar-refractivity contribution in [2.45, 2.75) is 52.6 Å². The molecule has 0 unspecified atom stereocenters. The SMILES string of the molecule is Cc1cc(C(=O)OCC(=O)N2CCCC[C@H]2C)c(C)n1Cc1ccco1. The summed E-state index contributed by atoms with van der Waals surface area (Å²) < 4.78 is 12.7. The largest absolute Gasteiger partial charge is 0.467 e. The first-order valence-electron chi connectivity index (χ1n) is 9.13. The molecular weight excluding hydrogens is 332 g/mol. The molecule has 0 radical (unpaired) electrons. The molecule has 1 fully saturated rings. The number of amides is 1. The molecule has 3 heterocycles. The molecule has 0 bridgehead atoms. The summed E-state index contributed by atoms with van der Waals surface area (Å²) in [5.41, 5.74) is 2.25. The number of rotatable bonds is 5. The molecule has 2 aromatic heterocycles. The van der Waals surface area contributed by atoms with Crippen LogP contribution < -0.4 is 0 Å². The maximum atomic E-state index is 12.5. The van der Waals surface area contributed by atoms with E-state index in [1.807, 2.05) is 42.4 Å². The van der Waals surface area contributed by atoms with Crippen molar-refractivity contribution < 1.29 is 18.7 Å². The lowest BCUT2D eigenvalue weighted by atomic mass is 10.0. The van der Waals surface area contributed by atoms with E-state index in [1.54, 1.807) is 12.3 Å². The molecule has 6 heteroatoms. The van der Waals surface area contributed by atoms with Gasteiger partial charge in [0.15, 0.2) is 6.61 Å². The van der Waals surface area contributed by atoms with E-state index in [-0.39, 0.29) is 18.6 Å². The summed E-state index contributed by atoms with van der Waals surface area (Å²) in [6.45, 7) is 6.96. The van der Waals surface area contributed by atoms with Gasteiger partial charge in [0.25, 0.3) is 5.91 Å². The number of ether oxygens (including phenoxy) is 1. The van der Waals surface area contributed by atoms with Crippen molar-refractivity contribution in [1.29, 1.82) is 0 Å². The molecule has 0 N–H and O–H groups in total. The first-order valence-corrected chi connectivity index (χ1v) is 9.13. The van der Waals surface area contributed by atoms with E-state index < -0.39 is 5.97 Å². The van der Waals surface area contributed by atoms with Crippen LogP contribution in [0.1, 0.15) is 53.7 Å². The van der Waals surface area contributed by atoms with Crippen molar-refractivity contribution in [2.24, 2.45) is 0 Å². The molecular formula is C20H26N2O4. The normalized spacial score (nSPS) is 17.3. The highest BCUT2D eigenvalue weighted by atomic mass is 16.5. The summed E-state index contributed by atoms with van der Waals surface area (Å²) in [6, 6.07) is 5.75. The molecule has 1 saturated heterocycles. The number of aryl methyl sites for hydroxylation is 1. The first kappa shape index (κ1) is 18.3. The quantitative estimate of drug-likeness (QED) is 0.769. The van der Waals surface area contributed by atoms with Gasteiger partial charge in [-0.1, -0.05) is 0 Å². The number of likely N-dealkylation sites (tertiary alicyclic amines) is 1. The lowest BCUT2D eigenvalue weighted by Gasteiger charge is -2.33. The van der Waals surface area contributed by atoms with Crippen LogP contribution in [0, 0.1) is 13.8 Å². The van der Waals surface area contributed by atoms with Gasteiger partial charge in [-0.2, -0.15) is 0 Å². The van der Waals surface area contributed by atoms with Crippen LogP contribution in [-0.4, -0.2) is 40.5 Å². The maximum Gasteiger partial charge on any atom is 0.340 e. The first-order chi connectivity index (χ1) is 12.5. The van der Waals surface area contributed by atoms with E-state index in [2.05, 4.69) is 0 Å². The van der Waals surface area contributed by atoms with Gasteiger partial charge in [-0.25, -0.2) is 4.79 Å². The zero-order chi connectivity index (χ0) is 18.7. The zero-order valence-electron chi connectivity index (χ0n) is 15.7. The third kappa shape index (κ3) is 3.84.